The Morgan fingerprint density at radius 3 is 2.14 bits per heavy atom. The molecule has 0 radical (unpaired) electrons. The molecule has 0 saturated heterocycles. The summed E-state index contributed by atoms with van der Waals surface area (Å²) in [6, 6.07) is 27.0. The molecule has 3 N–H and O–H groups in total. The van der Waals surface area contributed by atoms with Crippen LogP contribution >= 0.6 is 0 Å². The average molecular weight is 683 g/mol. The van der Waals surface area contributed by atoms with E-state index < -0.39 is 11.7 Å². The number of nitrogens with zero attached hydrogens (tertiary/aromatic N) is 4. The van der Waals surface area contributed by atoms with Gasteiger partial charge < -0.3 is 30.0 Å². The number of anilines is 2. The summed E-state index contributed by atoms with van der Waals surface area (Å²) in [5.74, 6) is 2.18. The molecule has 0 aliphatic rings. The first-order valence-corrected chi connectivity index (χ1v) is 15.3. The Morgan fingerprint density at radius 1 is 0.820 bits per heavy atom. The summed E-state index contributed by atoms with van der Waals surface area (Å²) >= 11 is 0. The maximum atomic E-state index is 13.5. The van der Waals surface area contributed by atoms with Gasteiger partial charge >= 0.3 is 6.18 Å². The van der Waals surface area contributed by atoms with Gasteiger partial charge in [-0.1, -0.05) is 48.5 Å². The number of ether oxygens (including phenoxy) is 4. The van der Waals surface area contributed by atoms with Gasteiger partial charge in [-0.2, -0.15) is 18.3 Å². The molecule has 0 aliphatic carbocycles. The number of alkyl halides is 3. The van der Waals surface area contributed by atoms with E-state index in [9.17, 15) is 13.2 Å². The minimum absolute atomic E-state index is 0.0249. The number of pyridine rings is 1. The van der Waals surface area contributed by atoms with E-state index in [2.05, 4.69) is 10.3 Å². The summed E-state index contributed by atoms with van der Waals surface area (Å²) in [4.78, 5) is 9.21. The highest BCUT2D eigenvalue weighted by Gasteiger charge is 2.30. The lowest BCUT2D eigenvalue weighted by molar-refractivity contribution is -0.137. The smallest absolute Gasteiger partial charge is 0.416 e. The van der Waals surface area contributed by atoms with Crippen LogP contribution in [0.1, 0.15) is 16.8 Å². The third-order valence-electron chi connectivity index (χ3n) is 7.88. The molecule has 0 fully saturated rings. The van der Waals surface area contributed by atoms with Crippen molar-refractivity contribution in [3.63, 3.8) is 0 Å². The van der Waals surface area contributed by atoms with Crippen molar-refractivity contribution in [3.05, 3.63) is 114 Å². The molecule has 0 bridgehead atoms. The lowest BCUT2D eigenvalue weighted by Gasteiger charge is -2.16. The van der Waals surface area contributed by atoms with E-state index in [-0.39, 0.29) is 17.2 Å². The van der Waals surface area contributed by atoms with E-state index in [4.69, 9.17) is 34.8 Å². The summed E-state index contributed by atoms with van der Waals surface area (Å²) in [6.45, 7) is 0.367. The molecule has 10 nitrogen and oxygen atoms in total. The van der Waals surface area contributed by atoms with Crippen molar-refractivity contribution in [1.29, 1.82) is 0 Å². The number of rotatable bonds is 11. The van der Waals surface area contributed by atoms with Gasteiger partial charge in [-0.05, 0) is 42.0 Å². The minimum Gasteiger partial charge on any atom is -0.497 e. The van der Waals surface area contributed by atoms with E-state index in [1.54, 1.807) is 25.3 Å². The number of amidine groups is 1. The second-order valence-electron chi connectivity index (χ2n) is 11.1. The van der Waals surface area contributed by atoms with Gasteiger partial charge in [0.1, 0.15) is 28.5 Å². The number of hydrogen-bond donors (Lipinski definition) is 2. The third kappa shape index (κ3) is 6.97. The number of fused-ring (bicyclic) bond motifs is 1. The number of nitrogens with one attached hydrogen (secondary N) is 1. The topological polar surface area (TPSA) is 118 Å². The number of nitrogens with two attached hydrogens (primary N) is 1. The minimum atomic E-state index is -4.54. The van der Waals surface area contributed by atoms with Crippen molar-refractivity contribution in [2.75, 3.05) is 33.8 Å². The van der Waals surface area contributed by atoms with E-state index in [0.29, 0.717) is 51.9 Å². The van der Waals surface area contributed by atoms with Crippen molar-refractivity contribution < 1.29 is 32.1 Å². The predicted octanol–water partition coefficient (Wildman–Crippen LogP) is 7.98. The molecule has 0 amide bonds. The normalized spacial score (nSPS) is 11.8. The number of aromatic nitrogens is 3. The van der Waals surface area contributed by atoms with Crippen molar-refractivity contribution in [2.45, 2.75) is 12.7 Å². The third-order valence-corrected chi connectivity index (χ3v) is 7.88. The van der Waals surface area contributed by atoms with E-state index in [0.717, 1.165) is 29.0 Å². The Kier molecular flexibility index (Phi) is 9.48. The first-order valence-electron chi connectivity index (χ1n) is 15.3. The van der Waals surface area contributed by atoms with Crippen molar-refractivity contribution in [2.24, 2.45) is 10.7 Å². The van der Waals surface area contributed by atoms with Gasteiger partial charge in [0.15, 0.2) is 17.3 Å². The van der Waals surface area contributed by atoms with Gasteiger partial charge in [-0.15, -0.1) is 0 Å². The number of aliphatic imine (C=N–C) groups is 1. The molecule has 0 aliphatic heterocycles. The van der Waals surface area contributed by atoms with E-state index in [1.807, 2.05) is 59.3 Å². The Labute approximate surface area is 285 Å². The molecule has 0 saturated carbocycles. The standard InChI is InChI=1S/C37H33F3N6O4/c1-47-27-15-13-22(14-16-27)21-46-33-28(32(45-46)23-9-6-5-7-10-23)20-29(35(41)42-25-12-8-11-24(17-25)37(38,39)40)44-36(33)43-26-18-30(48-2)34(50-4)31(19-26)49-3/h5-20H,21H2,1-4H3,(H2,41,42)(H,43,44). The van der Waals surface area contributed by atoms with Gasteiger partial charge in [0, 0.05) is 28.8 Å². The highest BCUT2D eigenvalue weighted by atomic mass is 19.4. The van der Waals surface area contributed by atoms with Crippen LogP contribution in [0.15, 0.2) is 102 Å². The van der Waals surface area contributed by atoms with Crippen molar-refractivity contribution >= 4 is 33.9 Å². The molecule has 256 valence electrons. The highest BCUT2D eigenvalue weighted by Crippen LogP contribution is 2.42. The molecule has 4 aromatic carbocycles. The molecule has 50 heavy (non-hydrogen) atoms. The fourth-order valence-corrected chi connectivity index (χ4v) is 5.49. The monoisotopic (exact) mass is 682 g/mol. The predicted molar refractivity (Wildman–Crippen MR) is 186 cm³/mol. The average Bonchev–Trinajstić information content (AvgIpc) is 3.49. The van der Waals surface area contributed by atoms with Crippen LogP contribution in [0.3, 0.4) is 0 Å². The molecule has 2 aromatic heterocycles. The van der Waals surface area contributed by atoms with Crippen LogP contribution in [0.4, 0.5) is 30.4 Å². The molecule has 0 spiro atoms. The number of hydrogen-bond acceptors (Lipinski definition) is 8. The fourth-order valence-electron chi connectivity index (χ4n) is 5.49. The van der Waals surface area contributed by atoms with E-state index in [1.165, 1.54) is 33.5 Å². The summed E-state index contributed by atoms with van der Waals surface area (Å²) < 4.78 is 64.3. The molecular weight excluding hydrogens is 649 g/mol. The lowest BCUT2D eigenvalue weighted by Crippen LogP contribution is -2.16. The maximum Gasteiger partial charge on any atom is 0.416 e. The number of benzene rings is 4. The Hall–Kier alpha value is -6.24. The Morgan fingerprint density at radius 2 is 1.52 bits per heavy atom. The molecule has 2 heterocycles. The first kappa shape index (κ1) is 33.7. The van der Waals surface area contributed by atoms with Gasteiger partial charge in [-0.25, -0.2) is 9.98 Å². The van der Waals surface area contributed by atoms with Crippen LogP contribution in [0.2, 0.25) is 0 Å². The highest BCUT2D eigenvalue weighted by molar-refractivity contribution is 6.06. The van der Waals surface area contributed by atoms with Crippen LogP contribution in [0, 0.1) is 0 Å². The zero-order chi connectivity index (χ0) is 35.4. The summed E-state index contributed by atoms with van der Waals surface area (Å²) in [6.07, 6.45) is -4.54. The molecule has 6 rings (SSSR count). The second kappa shape index (κ2) is 14.1. The van der Waals surface area contributed by atoms with Gasteiger partial charge in [0.25, 0.3) is 0 Å². The summed E-state index contributed by atoms with van der Waals surface area (Å²) in [5.41, 5.74) is 9.48. The van der Waals surface area contributed by atoms with Gasteiger partial charge in [0.2, 0.25) is 5.75 Å². The fraction of sp³-hybridized carbons (Fsp3) is 0.162. The molecular formula is C37H33F3N6O4. The van der Waals surface area contributed by atoms with Gasteiger partial charge in [0.05, 0.1) is 46.2 Å². The zero-order valence-corrected chi connectivity index (χ0v) is 27.6. The molecule has 6 aromatic rings. The quantitative estimate of drug-likeness (QED) is 0.104. The van der Waals surface area contributed by atoms with Crippen LogP contribution in [-0.2, 0) is 12.7 Å². The zero-order valence-electron chi connectivity index (χ0n) is 27.6. The van der Waals surface area contributed by atoms with Gasteiger partial charge in [-0.3, -0.25) is 4.68 Å². The van der Waals surface area contributed by atoms with Crippen LogP contribution in [0.25, 0.3) is 22.2 Å². The Bertz CT molecular complexity index is 2140. The molecule has 0 unspecified atom stereocenters. The van der Waals surface area contributed by atoms with Crippen molar-refractivity contribution in [3.8, 4) is 34.3 Å². The Balaban J connectivity index is 1.58. The molecule has 0 atom stereocenters. The van der Waals surface area contributed by atoms with E-state index >= 15 is 0 Å². The first-order chi connectivity index (χ1) is 24.1. The summed E-state index contributed by atoms with van der Waals surface area (Å²) in [7, 11) is 6.14. The van der Waals surface area contributed by atoms with Crippen LogP contribution in [-0.4, -0.2) is 49.0 Å². The number of halogens is 3. The van der Waals surface area contributed by atoms with Crippen LogP contribution in [0.5, 0.6) is 23.0 Å². The summed E-state index contributed by atoms with van der Waals surface area (Å²) in [5, 5.41) is 9.10. The lowest BCUT2D eigenvalue weighted by atomic mass is 10.1. The number of methoxy groups -OCH3 is 4. The maximum absolute atomic E-state index is 13.5. The molecule has 13 heteroatoms. The van der Waals surface area contributed by atoms with Crippen LogP contribution < -0.4 is 30.0 Å². The largest absolute Gasteiger partial charge is 0.497 e. The SMILES string of the molecule is COc1ccc(Cn2nc(-c3ccccc3)c3cc(C(N)=Nc4cccc(C(F)(F)F)c4)nc(Nc4cc(OC)c(OC)c(OC)c4)c32)cc1. The van der Waals surface area contributed by atoms with Crippen molar-refractivity contribution in [1.82, 2.24) is 14.8 Å². The second-order valence-corrected chi connectivity index (χ2v) is 11.1.